The van der Waals surface area contributed by atoms with Gasteiger partial charge in [-0.05, 0) is 11.1 Å². The Labute approximate surface area is 107 Å². The van der Waals surface area contributed by atoms with Crippen molar-refractivity contribution in [3.8, 4) is 0 Å². The van der Waals surface area contributed by atoms with Gasteiger partial charge in [0.15, 0.2) is 0 Å². The third kappa shape index (κ3) is 2.84. The van der Waals surface area contributed by atoms with Crippen molar-refractivity contribution in [1.82, 2.24) is 0 Å². The Kier molecular flexibility index (Phi) is 4.26. The molecule has 0 saturated carbocycles. The fraction of sp³-hybridized carbons (Fsp3) is 0.188. The van der Waals surface area contributed by atoms with Crippen molar-refractivity contribution in [2.45, 2.75) is 18.4 Å². The highest BCUT2D eigenvalue weighted by Gasteiger charge is 2.21. The van der Waals surface area contributed by atoms with Gasteiger partial charge in [-0.2, -0.15) is 0 Å². The number of rotatable bonds is 5. The van der Waals surface area contributed by atoms with Crippen molar-refractivity contribution in [1.29, 1.82) is 0 Å². The molecule has 0 aliphatic heterocycles. The molecule has 0 fully saturated rings. The molecule has 2 rings (SSSR count). The predicted octanol–water partition coefficient (Wildman–Crippen LogP) is 3.09. The summed E-state index contributed by atoms with van der Waals surface area (Å²) in [5.41, 5.74) is 1.83. The minimum Gasteiger partial charge on any atom is -0.388 e. The quantitative estimate of drug-likeness (QED) is 0.815. The van der Waals surface area contributed by atoms with Gasteiger partial charge in [0, 0.05) is 12.3 Å². The van der Waals surface area contributed by atoms with Crippen LogP contribution in [0.2, 0.25) is 0 Å². The lowest BCUT2D eigenvalue weighted by atomic mass is 9.87. The van der Waals surface area contributed by atoms with E-state index in [1.165, 1.54) is 0 Å². The SMILES string of the molecule is O=CCC(c1ccccc1)C(O)c1ccccc1. The van der Waals surface area contributed by atoms with E-state index in [1.807, 2.05) is 60.7 Å². The average molecular weight is 240 g/mol. The smallest absolute Gasteiger partial charge is 0.120 e. The first kappa shape index (κ1) is 12.5. The first-order chi connectivity index (χ1) is 8.83. The van der Waals surface area contributed by atoms with E-state index in [4.69, 9.17) is 0 Å². The Morgan fingerprint density at radius 3 is 1.89 bits per heavy atom. The predicted molar refractivity (Wildman–Crippen MR) is 71.3 cm³/mol. The van der Waals surface area contributed by atoms with Gasteiger partial charge in [-0.3, -0.25) is 0 Å². The van der Waals surface area contributed by atoms with Crippen LogP contribution in [0.25, 0.3) is 0 Å². The second-order valence-electron chi connectivity index (χ2n) is 4.28. The van der Waals surface area contributed by atoms with E-state index in [-0.39, 0.29) is 5.92 Å². The molecule has 92 valence electrons. The molecule has 1 N–H and O–H groups in total. The van der Waals surface area contributed by atoms with E-state index in [0.717, 1.165) is 17.4 Å². The summed E-state index contributed by atoms with van der Waals surface area (Å²) in [6, 6.07) is 19.1. The molecule has 0 aromatic heterocycles. The molecule has 0 amide bonds. The van der Waals surface area contributed by atoms with Gasteiger partial charge in [0.2, 0.25) is 0 Å². The molecular formula is C16H16O2. The monoisotopic (exact) mass is 240 g/mol. The summed E-state index contributed by atoms with van der Waals surface area (Å²) in [5, 5.41) is 10.4. The molecule has 2 aromatic rings. The highest BCUT2D eigenvalue weighted by molar-refractivity contribution is 5.52. The minimum atomic E-state index is -0.654. The molecule has 0 aliphatic carbocycles. The van der Waals surface area contributed by atoms with Crippen LogP contribution >= 0.6 is 0 Å². The molecule has 2 nitrogen and oxygen atoms in total. The fourth-order valence-electron chi connectivity index (χ4n) is 2.13. The van der Waals surface area contributed by atoms with Crippen molar-refractivity contribution in [3.63, 3.8) is 0 Å². The summed E-state index contributed by atoms with van der Waals surface area (Å²) in [6.07, 6.45) is 0.531. The number of aliphatic hydroxyl groups is 1. The van der Waals surface area contributed by atoms with Crippen LogP contribution in [0, 0.1) is 0 Å². The first-order valence-corrected chi connectivity index (χ1v) is 6.04. The number of hydrogen-bond acceptors (Lipinski definition) is 2. The summed E-state index contributed by atoms with van der Waals surface area (Å²) in [4.78, 5) is 10.8. The Morgan fingerprint density at radius 2 is 1.39 bits per heavy atom. The van der Waals surface area contributed by atoms with E-state index < -0.39 is 6.10 Å². The van der Waals surface area contributed by atoms with Gasteiger partial charge in [0.1, 0.15) is 6.29 Å². The number of carbonyl (C=O) groups excluding carboxylic acids is 1. The van der Waals surface area contributed by atoms with E-state index in [0.29, 0.717) is 6.42 Å². The third-order valence-electron chi connectivity index (χ3n) is 3.10. The van der Waals surface area contributed by atoms with Crippen molar-refractivity contribution >= 4 is 6.29 Å². The zero-order valence-electron chi connectivity index (χ0n) is 10.1. The minimum absolute atomic E-state index is 0.189. The lowest BCUT2D eigenvalue weighted by Gasteiger charge is -2.21. The molecule has 0 spiro atoms. The molecule has 2 aromatic carbocycles. The maximum absolute atomic E-state index is 10.8. The average Bonchev–Trinajstić information content (AvgIpc) is 2.46. The van der Waals surface area contributed by atoms with Crippen LogP contribution in [0.15, 0.2) is 60.7 Å². The van der Waals surface area contributed by atoms with Crippen LogP contribution in [0.5, 0.6) is 0 Å². The van der Waals surface area contributed by atoms with Crippen molar-refractivity contribution < 1.29 is 9.90 Å². The number of hydrogen-bond donors (Lipinski definition) is 1. The van der Waals surface area contributed by atoms with Gasteiger partial charge in [-0.1, -0.05) is 60.7 Å². The Balaban J connectivity index is 2.28. The molecule has 0 heterocycles. The number of aldehydes is 1. The molecule has 0 bridgehead atoms. The lowest BCUT2D eigenvalue weighted by molar-refractivity contribution is -0.108. The van der Waals surface area contributed by atoms with E-state index in [2.05, 4.69) is 0 Å². The summed E-state index contributed by atoms with van der Waals surface area (Å²) >= 11 is 0. The van der Waals surface area contributed by atoms with Crippen LogP contribution < -0.4 is 0 Å². The van der Waals surface area contributed by atoms with Crippen molar-refractivity contribution in [3.05, 3.63) is 71.8 Å². The van der Waals surface area contributed by atoms with Gasteiger partial charge < -0.3 is 9.90 Å². The maximum Gasteiger partial charge on any atom is 0.120 e. The summed E-state index contributed by atoms with van der Waals surface area (Å²) in [7, 11) is 0. The first-order valence-electron chi connectivity index (χ1n) is 6.04. The lowest BCUT2D eigenvalue weighted by Crippen LogP contribution is -2.11. The van der Waals surface area contributed by atoms with Crippen molar-refractivity contribution in [2.75, 3.05) is 0 Å². The molecule has 2 atom stereocenters. The molecular weight excluding hydrogens is 224 g/mol. The van der Waals surface area contributed by atoms with Gasteiger partial charge in [0.05, 0.1) is 6.10 Å². The zero-order chi connectivity index (χ0) is 12.8. The fourth-order valence-corrected chi connectivity index (χ4v) is 2.13. The maximum atomic E-state index is 10.8. The second-order valence-corrected chi connectivity index (χ2v) is 4.28. The molecule has 0 radical (unpaired) electrons. The molecule has 2 heteroatoms. The molecule has 18 heavy (non-hydrogen) atoms. The standard InChI is InChI=1S/C16H16O2/c17-12-11-15(13-7-3-1-4-8-13)16(18)14-9-5-2-6-10-14/h1-10,12,15-16,18H,11H2. The van der Waals surface area contributed by atoms with Crippen LogP contribution in [-0.4, -0.2) is 11.4 Å². The van der Waals surface area contributed by atoms with Gasteiger partial charge in [-0.25, -0.2) is 0 Å². The molecule has 0 saturated heterocycles. The Hall–Kier alpha value is -1.93. The molecule has 2 unspecified atom stereocenters. The van der Waals surface area contributed by atoms with Crippen molar-refractivity contribution in [2.24, 2.45) is 0 Å². The molecule has 0 aliphatic rings. The van der Waals surface area contributed by atoms with Crippen LogP contribution in [0.1, 0.15) is 29.6 Å². The number of aliphatic hydroxyl groups excluding tert-OH is 1. The van der Waals surface area contributed by atoms with E-state index in [1.54, 1.807) is 0 Å². The Bertz CT molecular complexity index is 479. The zero-order valence-corrected chi connectivity index (χ0v) is 10.1. The van der Waals surface area contributed by atoms with Crippen LogP contribution in [-0.2, 0) is 4.79 Å². The normalized spacial score (nSPS) is 13.8. The van der Waals surface area contributed by atoms with E-state index in [9.17, 15) is 9.90 Å². The van der Waals surface area contributed by atoms with Gasteiger partial charge in [-0.15, -0.1) is 0 Å². The van der Waals surface area contributed by atoms with Gasteiger partial charge >= 0.3 is 0 Å². The van der Waals surface area contributed by atoms with Crippen LogP contribution in [0.4, 0.5) is 0 Å². The summed E-state index contributed by atoms with van der Waals surface area (Å²) in [5.74, 6) is -0.189. The van der Waals surface area contributed by atoms with E-state index >= 15 is 0 Å². The summed E-state index contributed by atoms with van der Waals surface area (Å²) in [6.45, 7) is 0. The summed E-state index contributed by atoms with van der Waals surface area (Å²) < 4.78 is 0. The second kappa shape index (κ2) is 6.12. The van der Waals surface area contributed by atoms with Crippen LogP contribution in [0.3, 0.4) is 0 Å². The Morgan fingerprint density at radius 1 is 0.889 bits per heavy atom. The number of carbonyl (C=O) groups is 1. The third-order valence-corrected chi connectivity index (χ3v) is 3.10. The largest absolute Gasteiger partial charge is 0.388 e. The highest BCUT2D eigenvalue weighted by Crippen LogP contribution is 2.32. The van der Waals surface area contributed by atoms with Gasteiger partial charge in [0.25, 0.3) is 0 Å². The topological polar surface area (TPSA) is 37.3 Å². The highest BCUT2D eigenvalue weighted by atomic mass is 16.3. The number of benzene rings is 2.